The number of pyridine rings is 1. The van der Waals surface area contributed by atoms with Crippen LogP contribution in [0.25, 0.3) is 0 Å². The molecule has 1 aliphatic heterocycles. The zero-order valence-electron chi connectivity index (χ0n) is 17.5. The number of amides is 1. The van der Waals surface area contributed by atoms with Crippen LogP contribution in [0.15, 0.2) is 29.2 Å². The highest BCUT2D eigenvalue weighted by Gasteiger charge is 2.47. The first-order chi connectivity index (χ1) is 14.7. The normalized spacial score (nSPS) is 20.4. The van der Waals surface area contributed by atoms with E-state index in [4.69, 9.17) is 16.3 Å². The predicted octanol–water partition coefficient (Wildman–Crippen LogP) is 3.29. The van der Waals surface area contributed by atoms with Gasteiger partial charge in [-0.2, -0.15) is 0 Å². The molecular weight excluding hydrogens is 427 g/mol. The van der Waals surface area contributed by atoms with Crippen LogP contribution >= 0.6 is 11.6 Å². The molecule has 0 aliphatic carbocycles. The molecule has 166 valence electrons. The number of rotatable bonds is 6. The van der Waals surface area contributed by atoms with Crippen molar-refractivity contribution in [2.24, 2.45) is 5.41 Å². The van der Waals surface area contributed by atoms with E-state index in [1.54, 1.807) is 6.92 Å². The van der Waals surface area contributed by atoms with Gasteiger partial charge < -0.3 is 19.7 Å². The highest BCUT2D eigenvalue weighted by Crippen LogP contribution is 2.40. The lowest BCUT2D eigenvalue weighted by atomic mass is 9.72. The van der Waals surface area contributed by atoms with Crippen LogP contribution in [-0.2, 0) is 17.8 Å². The number of methoxy groups -OCH3 is 1. The van der Waals surface area contributed by atoms with E-state index in [1.807, 2.05) is 6.92 Å². The van der Waals surface area contributed by atoms with Crippen LogP contribution in [-0.4, -0.2) is 34.6 Å². The average Bonchev–Trinajstić information content (AvgIpc) is 2.74. The Morgan fingerprint density at radius 2 is 2.13 bits per heavy atom. The number of aromatic nitrogens is 1. The Hall–Kier alpha value is -2.71. The quantitative estimate of drug-likeness (QED) is 0.703. The van der Waals surface area contributed by atoms with Gasteiger partial charge >= 0.3 is 0 Å². The Morgan fingerprint density at radius 1 is 1.42 bits per heavy atom. The summed E-state index contributed by atoms with van der Waals surface area (Å²) in [5, 5.41) is 12.9. The summed E-state index contributed by atoms with van der Waals surface area (Å²) in [5.74, 6) is -2.66. The molecule has 2 heterocycles. The smallest absolute Gasteiger partial charge is 0.257 e. The van der Waals surface area contributed by atoms with Crippen molar-refractivity contribution >= 4 is 23.3 Å². The third-order valence-electron chi connectivity index (χ3n) is 5.83. The zero-order chi connectivity index (χ0) is 22.9. The molecule has 3 rings (SSSR count). The summed E-state index contributed by atoms with van der Waals surface area (Å²) in [6, 6.07) is 4.37. The van der Waals surface area contributed by atoms with E-state index >= 15 is 0 Å². The van der Waals surface area contributed by atoms with Crippen LogP contribution in [0.4, 0.5) is 4.39 Å². The number of fused-ring (bicyclic) bond motifs is 1. The van der Waals surface area contributed by atoms with E-state index in [9.17, 15) is 23.9 Å². The minimum atomic E-state index is -0.960. The number of hydrogen-bond donors (Lipinski definition) is 2. The molecule has 1 amide bonds. The maximum absolute atomic E-state index is 14.0. The van der Waals surface area contributed by atoms with Gasteiger partial charge in [0, 0.05) is 25.4 Å². The average molecular weight is 451 g/mol. The van der Waals surface area contributed by atoms with Crippen LogP contribution in [0, 0.1) is 11.2 Å². The van der Waals surface area contributed by atoms with Gasteiger partial charge in [0.1, 0.15) is 17.1 Å². The maximum Gasteiger partial charge on any atom is 0.257 e. The van der Waals surface area contributed by atoms with Crippen LogP contribution < -0.4 is 10.7 Å². The number of hydrogen-bond acceptors (Lipinski definition) is 5. The number of carbonyl (C=O) groups excluding carboxylic acids is 2. The molecule has 0 spiro atoms. The Bertz CT molecular complexity index is 1100. The third kappa shape index (κ3) is 3.97. The van der Waals surface area contributed by atoms with Crippen LogP contribution in [0.1, 0.15) is 53.1 Å². The second-order valence-electron chi connectivity index (χ2n) is 7.84. The Labute approximate surface area is 183 Å². The number of ether oxygens (including phenoxy) is 1. The fourth-order valence-corrected chi connectivity index (χ4v) is 4.27. The molecule has 1 aromatic heterocycles. The number of ketones is 1. The van der Waals surface area contributed by atoms with Crippen molar-refractivity contribution in [2.45, 2.75) is 45.9 Å². The van der Waals surface area contributed by atoms with Gasteiger partial charge in [-0.15, -0.1) is 0 Å². The first-order valence-corrected chi connectivity index (χ1v) is 10.3. The van der Waals surface area contributed by atoms with E-state index in [2.05, 4.69) is 5.32 Å². The molecule has 2 atom stereocenters. The highest BCUT2D eigenvalue weighted by atomic mass is 35.5. The molecule has 0 bridgehead atoms. The van der Waals surface area contributed by atoms with Crippen molar-refractivity contribution in [3.8, 4) is 5.75 Å². The molecule has 7 nitrogen and oxygen atoms in total. The van der Waals surface area contributed by atoms with E-state index in [0.29, 0.717) is 12.8 Å². The lowest BCUT2D eigenvalue weighted by Crippen LogP contribution is -2.49. The first kappa shape index (κ1) is 23.0. The zero-order valence-corrected chi connectivity index (χ0v) is 18.3. The van der Waals surface area contributed by atoms with E-state index in [0.717, 1.165) is 0 Å². The number of nitrogens with zero attached hydrogens (tertiary/aromatic N) is 1. The number of Topliss-reactive ketones (excluding diaryl/α,β-unsaturated/α-hetero) is 1. The molecule has 0 radical (unpaired) electrons. The number of carbonyl (C=O) groups is 2. The number of halogens is 2. The highest BCUT2D eigenvalue weighted by molar-refractivity contribution is 6.30. The monoisotopic (exact) mass is 450 g/mol. The van der Waals surface area contributed by atoms with Gasteiger partial charge in [0.15, 0.2) is 11.5 Å². The van der Waals surface area contributed by atoms with Crippen molar-refractivity contribution in [3.05, 3.63) is 62.3 Å². The lowest BCUT2D eigenvalue weighted by Gasteiger charge is -2.40. The second-order valence-corrected chi connectivity index (χ2v) is 8.25. The topological polar surface area (TPSA) is 97.6 Å². The standard InChI is InChI=1S/C22H24ClFN2O5/c1-4-8-22(2)15(31-3)11-26-10-13(18(27)19(28)17(26)20(22)29)21(30)25-9-12-6-5-7-14(23)16(12)24/h5-7,10,15,28H,4,8-9,11H2,1-3H3,(H,25,30)/t15-,22-/m0/s1. The van der Waals surface area contributed by atoms with Crippen LogP contribution in [0.5, 0.6) is 5.75 Å². The van der Waals surface area contributed by atoms with Gasteiger partial charge in [0.2, 0.25) is 5.43 Å². The molecule has 0 fully saturated rings. The fourth-order valence-electron chi connectivity index (χ4n) is 4.07. The molecule has 0 saturated carbocycles. The third-order valence-corrected chi connectivity index (χ3v) is 6.12. The summed E-state index contributed by atoms with van der Waals surface area (Å²) >= 11 is 5.74. The molecule has 2 aromatic rings. The van der Waals surface area contributed by atoms with Crippen LogP contribution in [0.3, 0.4) is 0 Å². The SMILES string of the molecule is CCC[C@]1(C)C(=O)c2c(O)c(=O)c(C(=O)NCc3cccc(Cl)c3F)cn2C[C@@H]1OC. The van der Waals surface area contributed by atoms with Gasteiger partial charge in [-0.3, -0.25) is 14.4 Å². The van der Waals surface area contributed by atoms with E-state index in [1.165, 1.54) is 36.1 Å². The van der Waals surface area contributed by atoms with Crippen molar-refractivity contribution in [2.75, 3.05) is 7.11 Å². The van der Waals surface area contributed by atoms with E-state index < -0.39 is 40.2 Å². The lowest BCUT2D eigenvalue weighted by molar-refractivity contribution is -0.0184. The predicted molar refractivity (Wildman–Crippen MR) is 113 cm³/mol. The van der Waals surface area contributed by atoms with E-state index in [-0.39, 0.29) is 34.9 Å². The minimum Gasteiger partial charge on any atom is -0.503 e. The molecule has 9 heteroatoms. The van der Waals surface area contributed by atoms with Crippen molar-refractivity contribution < 1.29 is 23.8 Å². The fraction of sp³-hybridized carbons (Fsp3) is 0.409. The summed E-state index contributed by atoms with van der Waals surface area (Å²) in [7, 11) is 1.49. The van der Waals surface area contributed by atoms with Crippen LogP contribution in [0.2, 0.25) is 5.02 Å². The first-order valence-electron chi connectivity index (χ1n) is 9.90. The molecule has 31 heavy (non-hydrogen) atoms. The molecule has 2 N–H and O–H groups in total. The van der Waals surface area contributed by atoms with Gasteiger partial charge in [-0.1, -0.05) is 37.1 Å². The molecule has 0 saturated heterocycles. The summed E-state index contributed by atoms with van der Waals surface area (Å²) in [6.45, 7) is 3.66. The minimum absolute atomic E-state index is 0.0857. The Balaban J connectivity index is 1.96. The van der Waals surface area contributed by atoms with Gasteiger partial charge in [0.25, 0.3) is 5.91 Å². The molecule has 0 unspecified atom stereocenters. The van der Waals surface area contributed by atoms with Crippen molar-refractivity contribution in [3.63, 3.8) is 0 Å². The van der Waals surface area contributed by atoms with Crippen molar-refractivity contribution in [1.82, 2.24) is 9.88 Å². The summed E-state index contributed by atoms with van der Waals surface area (Å²) in [5.41, 5.74) is -2.20. The number of aromatic hydroxyl groups is 1. The number of benzene rings is 1. The Morgan fingerprint density at radius 3 is 2.77 bits per heavy atom. The summed E-state index contributed by atoms with van der Waals surface area (Å²) in [4.78, 5) is 38.5. The maximum atomic E-state index is 14.0. The van der Waals surface area contributed by atoms with Crippen molar-refractivity contribution in [1.29, 1.82) is 0 Å². The molecular formula is C22H24ClFN2O5. The summed E-state index contributed by atoms with van der Waals surface area (Å²) in [6.07, 6.45) is 1.97. The Kier molecular flexibility index (Phi) is 6.52. The summed E-state index contributed by atoms with van der Waals surface area (Å²) < 4.78 is 20.9. The molecule has 1 aliphatic rings. The number of nitrogens with one attached hydrogen (secondary N) is 1. The van der Waals surface area contributed by atoms with Gasteiger partial charge in [0.05, 0.1) is 23.1 Å². The van der Waals surface area contributed by atoms with Gasteiger partial charge in [-0.05, 0) is 19.4 Å². The van der Waals surface area contributed by atoms with Gasteiger partial charge in [-0.25, -0.2) is 4.39 Å². The molecule has 1 aromatic carbocycles. The second kappa shape index (κ2) is 8.80. The largest absolute Gasteiger partial charge is 0.503 e.